The first kappa shape index (κ1) is 67.8. The SMILES string of the molecule is CC(C)O.CC(C)O.CC(C)O.CC(C)O.CC(C)O.CC(C)O.CC(C)O.CCCCCCC(CCCCCC)(CCCCCC)C(C)O. The molecular formula is C42H100O8. The lowest BCUT2D eigenvalue weighted by atomic mass is 9.70. The molecule has 8 heteroatoms. The summed E-state index contributed by atoms with van der Waals surface area (Å²) in [5.41, 5.74) is 0.204. The van der Waals surface area contributed by atoms with Crippen LogP contribution >= 0.6 is 0 Å². The number of aliphatic hydroxyl groups excluding tert-OH is 8. The Hall–Kier alpha value is -0.320. The third kappa shape index (κ3) is 146. The number of unbranched alkanes of at least 4 members (excludes halogenated alkanes) is 9. The van der Waals surface area contributed by atoms with Gasteiger partial charge in [0.25, 0.3) is 0 Å². The zero-order valence-corrected chi connectivity index (χ0v) is 37.3. The lowest BCUT2D eigenvalue weighted by molar-refractivity contribution is 0.0110. The Labute approximate surface area is 315 Å². The quantitative estimate of drug-likeness (QED) is 0.0728. The van der Waals surface area contributed by atoms with Gasteiger partial charge in [0.05, 0.1) is 6.10 Å². The standard InChI is InChI=1S/C21H44O.7C3H8O/c1-5-8-11-14-17-21(20(4)22,18-15-12-9-6-2)19-16-13-10-7-3;7*1-3(2)4/h20,22H,5-19H2,1-4H3;7*3-4H,1-2H3. The highest BCUT2D eigenvalue weighted by Gasteiger charge is 2.33. The Bertz CT molecular complexity index is 398. The average Bonchev–Trinajstić information content (AvgIpc) is 2.89. The van der Waals surface area contributed by atoms with Gasteiger partial charge in [0, 0.05) is 42.7 Å². The van der Waals surface area contributed by atoms with E-state index in [0.717, 1.165) is 0 Å². The Balaban J connectivity index is -0.0000000845. The Morgan fingerprint density at radius 2 is 0.420 bits per heavy atom. The van der Waals surface area contributed by atoms with Crippen LogP contribution in [0.2, 0.25) is 0 Å². The molecule has 0 aliphatic rings. The van der Waals surface area contributed by atoms with Crippen molar-refractivity contribution in [1.82, 2.24) is 0 Å². The van der Waals surface area contributed by atoms with E-state index in [4.69, 9.17) is 35.7 Å². The highest BCUT2D eigenvalue weighted by Crippen LogP contribution is 2.40. The molecule has 1 unspecified atom stereocenters. The van der Waals surface area contributed by atoms with E-state index >= 15 is 0 Å². The van der Waals surface area contributed by atoms with Crippen LogP contribution in [-0.2, 0) is 0 Å². The average molecular weight is 733 g/mol. The van der Waals surface area contributed by atoms with Gasteiger partial charge in [-0.15, -0.1) is 0 Å². The first-order valence-electron chi connectivity index (χ1n) is 20.2. The molecule has 0 saturated heterocycles. The van der Waals surface area contributed by atoms with Gasteiger partial charge in [-0.2, -0.15) is 0 Å². The van der Waals surface area contributed by atoms with Gasteiger partial charge >= 0.3 is 0 Å². The monoisotopic (exact) mass is 733 g/mol. The topological polar surface area (TPSA) is 162 Å². The maximum atomic E-state index is 10.5. The van der Waals surface area contributed by atoms with Gasteiger partial charge in [-0.25, -0.2) is 0 Å². The van der Waals surface area contributed by atoms with Crippen molar-refractivity contribution in [1.29, 1.82) is 0 Å². The number of rotatable bonds is 16. The van der Waals surface area contributed by atoms with Gasteiger partial charge in [-0.1, -0.05) is 97.8 Å². The normalized spacial score (nSPS) is 11.0. The largest absolute Gasteiger partial charge is 0.394 e. The summed E-state index contributed by atoms with van der Waals surface area (Å²) in [6.07, 6.45) is 18.3. The van der Waals surface area contributed by atoms with Crippen molar-refractivity contribution >= 4 is 0 Å². The second-order valence-electron chi connectivity index (χ2n) is 15.1. The van der Waals surface area contributed by atoms with Crippen LogP contribution in [0, 0.1) is 5.41 Å². The smallest absolute Gasteiger partial charge is 0.0568 e. The highest BCUT2D eigenvalue weighted by atomic mass is 16.3. The molecule has 0 amide bonds. The maximum absolute atomic E-state index is 10.5. The van der Waals surface area contributed by atoms with Crippen molar-refractivity contribution in [2.75, 3.05) is 0 Å². The molecular weight excluding hydrogens is 632 g/mol. The molecule has 0 spiro atoms. The predicted octanol–water partition coefficient (Wildman–Crippen LogP) is 9.97. The van der Waals surface area contributed by atoms with Crippen molar-refractivity contribution in [3.63, 3.8) is 0 Å². The minimum atomic E-state index is -0.167. The van der Waals surface area contributed by atoms with Gasteiger partial charge < -0.3 is 40.9 Å². The van der Waals surface area contributed by atoms with Gasteiger partial charge in [0.15, 0.2) is 0 Å². The Kier molecular flexibility index (Phi) is 75.1. The first-order chi connectivity index (χ1) is 22.7. The predicted molar refractivity (Wildman–Crippen MR) is 222 cm³/mol. The van der Waals surface area contributed by atoms with E-state index in [2.05, 4.69) is 27.7 Å². The van der Waals surface area contributed by atoms with Crippen LogP contribution in [0.15, 0.2) is 0 Å². The van der Waals surface area contributed by atoms with Crippen molar-refractivity contribution < 1.29 is 40.9 Å². The lowest BCUT2D eigenvalue weighted by Crippen LogP contribution is -2.33. The molecule has 1 atom stereocenters. The third-order valence-electron chi connectivity index (χ3n) is 5.47. The zero-order chi connectivity index (χ0) is 41.7. The van der Waals surface area contributed by atoms with Crippen LogP contribution in [-0.4, -0.2) is 89.7 Å². The van der Waals surface area contributed by atoms with Gasteiger partial charge in [0.1, 0.15) is 0 Å². The summed E-state index contributed by atoms with van der Waals surface area (Å²) in [6, 6.07) is 0. The van der Waals surface area contributed by atoms with Crippen molar-refractivity contribution in [2.24, 2.45) is 5.41 Å². The first-order valence-corrected chi connectivity index (χ1v) is 20.2. The fourth-order valence-corrected chi connectivity index (χ4v) is 3.71. The third-order valence-corrected chi connectivity index (χ3v) is 5.47. The molecule has 0 aliphatic heterocycles. The summed E-state index contributed by atoms with van der Waals surface area (Å²) in [5.74, 6) is 0. The molecule has 0 rings (SSSR count). The van der Waals surface area contributed by atoms with Crippen LogP contribution in [0.5, 0.6) is 0 Å². The van der Waals surface area contributed by atoms with Gasteiger partial charge in [-0.3, -0.25) is 0 Å². The molecule has 8 nitrogen and oxygen atoms in total. The summed E-state index contributed by atoms with van der Waals surface area (Å²) in [6.45, 7) is 33.0. The molecule has 0 radical (unpaired) electrons. The van der Waals surface area contributed by atoms with Crippen LogP contribution < -0.4 is 0 Å². The molecule has 50 heavy (non-hydrogen) atoms. The van der Waals surface area contributed by atoms with E-state index in [1.54, 1.807) is 96.9 Å². The summed E-state index contributed by atoms with van der Waals surface area (Å²) >= 11 is 0. The second kappa shape index (κ2) is 55.4. The minimum Gasteiger partial charge on any atom is -0.394 e. The minimum absolute atomic E-state index is 0.141. The Morgan fingerprint density at radius 3 is 0.520 bits per heavy atom. The van der Waals surface area contributed by atoms with E-state index in [9.17, 15) is 5.11 Å². The molecule has 0 aromatic rings. The molecule has 0 aliphatic carbocycles. The van der Waals surface area contributed by atoms with Gasteiger partial charge in [0.2, 0.25) is 0 Å². The van der Waals surface area contributed by atoms with E-state index in [0.29, 0.717) is 0 Å². The van der Waals surface area contributed by atoms with Crippen LogP contribution in [0.25, 0.3) is 0 Å². The van der Waals surface area contributed by atoms with Gasteiger partial charge in [-0.05, 0) is 129 Å². The number of hydrogen-bond donors (Lipinski definition) is 8. The maximum Gasteiger partial charge on any atom is 0.0568 e. The zero-order valence-electron chi connectivity index (χ0n) is 37.3. The molecule has 0 heterocycles. The van der Waals surface area contributed by atoms with E-state index in [-0.39, 0.29) is 54.2 Å². The summed E-state index contributed by atoms with van der Waals surface area (Å²) in [4.78, 5) is 0. The molecule has 0 fully saturated rings. The van der Waals surface area contributed by atoms with Crippen molar-refractivity contribution in [3.05, 3.63) is 0 Å². The highest BCUT2D eigenvalue weighted by molar-refractivity contribution is 4.84. The molecule has 0 aromatic heterocycles. The van der Waals surface area contributed by atoms with Crippen molar-refractivity contribution in [3.8, 4) is 0 Å². The molecule has 0 aromatic carbocycles. The fraction of sp³-hybridized carbons (Fsp3) is 1.00. The van der Waals surface area contributed by atoms with Crippen LogP contribution in [0.4, 0.5) is 0 Å². The van der Waals surface area contributed by atoms with Crippen molar-refractivity contribution in [2.45, 2.75) is 270 Å². The molecule has 0 bridgehead atoms. The lowest BCUT2D eigenvalue weighted by Gasteiger charge is -2.37. The fourth-order valence-electron chi connectivity index (χ4n) is 3.71. The van der Waals surface area contributed by atoms with E-state index < -0.39 is 0 Å². The number of hydrogen-bond acceptors (Lipinski definition) is 8. The van der Waals surface area contributed by atoms with E-state index in [1.807, 2.05) is 0 Å². The van der Waals surface area contributed by atoms with Crippen LogP contribution in [0.1, 0.15) is 221 Å². The number of aliphatic hydroxyl groups is 8. The Morgan fingerprint density at radius 1 is 0.280 bits per heavy atom. The molecule has 8 N–H and O–H groups in total. The molecule has 0 saturated carbocycles. The second-order valence-corrected chi connectivity index (χ2v) is 15.1. The van der Waals surface area contributed by atoms with E-state index in [1.165, 1.54) is 96.3 Å². The van der Waals surface area contributed by atoms with Crippen LogP contribution in [0.3, 0.4) is 0 Å². The summed E-state index contributed by atoms with van der Waals surface area (Å²) < 4.78 is 0. The summed E-state index contributed by atoms with van der Waals surface area (Å²) in [5, 5.41) is 66.9. The summed E-state index contributed by atoms with van der Waals surface area (Å²) in [7, 11) is 0. The molecule has 316 valence electrons.